The van der Waals surface area contributed by atoms with Crippen molar-refractivity contribution in [3.63, 3.8) is 0 Å². The first-order valence-corrected chi connectivity index (χ1v) is 9.38. The number of carbonyl (C=O) groups is 1. The van der Waals surface area contributed by atoms with E-state index in [4.69, 9.17) is 9.47 Å². The van der Waals surface area contributed by atoms with E-state index in [1.165, 1.54) is 18.1 Å². The number of aliphatic imine (C=N–C) groups is 1. The molecule has 0 radical (unpaired) electrons. The van der Waals surface area contributed by atoms with E-state index in [1.807, 2.05) is 26.1 Å². The van der Waals surface area contributed by atoms with Crippen LogP contribution in [0.2, 0.25) is 0 Å². The highest BCUT2D eigenvalue weighted by atomic mass is 16.5. The van der Waals surface area contributed by atoms with E-state index in [0.717, 1.165) is 6.42 Å². The lowest BCUT2D eigenvalue weighted by molar-refractivity contribution is 0.101. The number of hydrogen-bond acceptors (Lipinski definition) is 4. The highest BCUT2D eigenvalue weighted by molar-refractivity contribution is 6.00. The summed E-state index contributed by atoms with van der Waals surface area (Å²) < 4.78 is 11.2. The summed E-state index contributed by atoms with van der Waals surface area (Å²) in [6.45, 7) is 9.69. The van der Waals surface area contributed by atoms with Gasteiger partial charge in [-0.2, -0.15) is 0 Å². The molecule has 0 N–H and O–H groups in total. The predicted molar refractivity (Wildman–Crippen MR) is 111 cm³/mol. The molecule has 0 spiro atoms. The lowest BCUT2D eigenvalue weighted by Gasteiger charge is -2.16. The maximum Gasteiger partial charge on any atom is 0.163 e. The van der Waals surface area contributed by atoms with Crippen LogP contribution >= 0.6 is 0 Å². The number of methoxy groups -OCH3 is 1. The van der Waals surface area contributed by atoms with Crippen LogP contribution < -0.4 is 9.47 Å². The van der Waals surface area contributed by atoms with E-state index in [9.17, 15) is 4.79 Å². The molecule has 0 fully saturated rings. The maximum absolute atomic E-state index is 12.1. The first kappa shape index (κ1) is 20.7. The number of carbonyl (C=O) groups excluding carboxylic acids is 1. The van der Waals surface area contributed by atoms with Gasteiger partial charge in [0.1, 0.15) is 0 Å². The molecule has 0 saturated heterocycles. The quantitative estimate of drug-likeness (QED) is 0.441. The van der Waals surface area contributed by atoms with E-state index >= 15 is 0 Å². The van der Waals surface area contributed by atoms with E-state index in [-0.39, 0.29) is 17.8 Å². The summed E-state index contributed by atoms with van der Waals surface area (Å²) >= 11 is 0. The molecule has 0 amide bonds. The normalized spacial score (nSPS) is 12.4. The molecule has 2 aromatic rings. The van der Waals surface area contributed by atoms with Crippen LogP contribution in [0.5, 0.6) is 11.5 Å². The van der Waals surface area contributed by atoms with Crippen molar-refractivity contribution in [2.45, 2.75) is 53.1 Å². The Hall–Kier alpha value is -2.62. The van der Waals surface area contributed by atoms with Gasteiger partial charge in [-0.1, -0.05) is 38.1 Å². The number of rotatable bonds is 8. The molecule has 0 heterocycles. The average Bonchev–Trinajstić information content (AvgIpc) is 2.65. The fraction of sp³-hybridized carbons (Fsp3) is 0.391. The summed E-state index contributed by atoms with van der Waals surface area (Å²) in [6.07, 6.45) is 2.86. The van der Waals surface area contributed by atoms with Crippen molar-refractivity contribution in [3.8, 4) is 11.5 Å². The molecule has 1 atom stereocenters. The lowest BCUT2D eigenvalue weighted by atomic mass is 9.95. The fourth-order valence-electron chi connectivity index (χ4n) is 3.02. The zero-order valence-corrected chi connectivity index (χ0v) is 17.1. The van der Waals surface area contributed by atoms with Gasteiger partial charge in [-0.15, -0.1) is 0 Å². The van der Waals surface area contributed by atoms with E-state index in [0.29, 0.717) is 22.7 Å². The first-order chi connectivity index (χ1) is 12.9. The maximum atomic E-state index is 12.1. The summed E-state index contributed by atoms with van der Waals surface area (Å²) in [4.78, 5) is 16.8. The third kappa shape index (κ3) is 5.19. The first-order valence-electron chi connectivity index (χ1n) is 9.38. The molecule has 4 nitrogen and oxygen atoms in total. The second-order valence-electron chi connectivity index (χ2n) is 6.86. The van der Waals surface area contributed by atoms with E-state index < -0.39 is 0 Å². The third-order valence-corrected chi connectivity index (χ3v) is 4.39. The van der Waals surface area contributed by atoms with Gasteiger partial charge in [-0.25, -0.2) is 0 Å². The van der Waals surface area contributed by atoms with Crippen molar-refractivity contribution in [2.24, 2.45) is 4.99 Å². The minimum Gasteiger partial charge on any atom is -0.493 e. The second-order valence-corrected chi connectivity index (χ2v) is 6.86. The highest BCUT2D eigenvalue weighted by Gasteiger charge is 2.16. The second kappa shape index (κ2) is 9.36. The van der Waals surface area contributed by atoms with Crippen molar-refractivity contribution in [3.05, 3.63) is 53.1 Å². The van der Waals surface area contributed by atoms with Crippen molar-refractivity contribution in [1.82, 2.24) is 0 Å². The third-order valence-electron chi connectivity index (χ3n) is 4.39. The van der Waals surface area contributed by atoms with E-state index in [1.54, 1.807) is 19.2 Å². The van der Waals surface area contributed by atoms with Gasteiger partial charge in [0.05, 0.1) is 18.9 Å². The van der Waals surface area contributed by atoms with Gasteiger partial charge < -0.3 is 9.47 Å². The standard InChI is InChI=1S/C23H29NO3/c1-7-18-10-8-9-11-19(18)16(4)14-24-21-13-23(27-15(2)3)22(26-6)12-20(21)17(5)25/h8-16H,7H2,1-6H3/b24-14-. The Morgan fingerprint density at radius 2 is 1.85 bits per heavy atom. The molecule has 144 valence electrons. The molecule has 0 aliphatic carbocycles. The van der Waals surface area contributed by atoms with Crippen LogP contribution in [0.15, 0.2) is 41.4 Å². The van der Waals surface area contributed by atoms with Crippen LogP contribution in [0, 0.1) is 0 Å². The summed E-state index contributed by atoms with van der Waals surface area (Å²) in [5.74, 6) is 1.21. The number of ether oxygens (including phenoxy) is 2. The molecule has 0 saturated carbocycles. The number of benzene rings is 2. The average molecular weight is 367 g/mol. The Morgan fingerprint density at radius 1 is 1.15 bits per heavy atom. The van der Waals surface area contributed by atoms with Crippen LogP contribution in [0.3, 0.4) is 0 Å². The van der Waals surface area contributed by atoms with E-state index in [2.05, 4.69) is 37.0 Å². The Bertz CT molecular complexity index is 824. The van der Waals surface area contributed by atoms with Crippen molar-refractivity contribution >= 4 is 17.7 Å². The smallest absolute Gasteiger partial charge is 0.163 e. The topological polar surface area (TPSA) is 47.9 Å². The zero-order chi connectivity index (χ0) is 20.0. The van der Waals surface area contributed by atoms with Crippen molar-refractivity contribution < 1.29 is 14.3 Å². The monoisotopic (exact) mass is 367 g/mol. The minimum absolute atomic E-state index is 0.00531. The Kier molecular flexibility index (Phi) is 7.17. The molecular formula is C23H29NO3. The van der Waals surface area contributed by atoms with Crippen LogP contribution in [0.25, 0.3) is 0 Å². The molecule has 4 heteroatoms. The molecule has 27 heavy (non-hydrogen) atoms. The zero-order valence-electron chi connectivity index (χ0n) is 17.1. The number of Topliss-reactive ketones (excluding diaryl/α,β-unsaturated/α-hetero) is 1. The number of ketones is 1. The van der Waals surface area contributed by atoms with Crippen LogP contribution in [-0.2, 0) is 6.42 Å². The fourth-order valence-corrected chi connectivity index (χ4v) is 3.02. The lowest BCUT2D eigenvalue weighted by Crippen LogP contribution is -2.07. The van der Waals surface area contributed by atoms with Gasteiger partial charge in [0.25, 0.3) is 0 Å². The molecule has 2 aromatic carbocycles. The Labute approximate surface area is 162 Å². The van der Waals surface area contributed by atoms with Crippen LogP contribution in [-0.4, -0.2) is 25.2 Å². The molecule has 1 unspecified atom stereocenters. The van der Waals surface area contributed by atoms with Gasteiger partial charge >= 0.3 is 0 Å². The molecular weight excluding hydrogens is 338 g/mol. The predicted octanol–water partition coefficient (Wildman–Crippen LogP) is 5.75. The summed E-state index contributed by atoms with van der Waals surface area (Å²) in [5.41, 5.74) is 3.68. The summed E-state index contributed by atoms with van der Waals surface area (Å²) in [6, 6.07) is 11.9. The summed E-state index contributed by atoms with van der Waals surface area (Å²) in [7, 11) is 1.57. The minimum atomic E-state index is -0.0573. The molecule has 0 aromatic heterocycles. The number of nitrogens with zero attached hydrogens (tertiary/aromatic N) is 1. The Balaban J connectivity index is 2.43. The summed E-state index contributed by atoms with van der Waals surface area (Å²) in [5, 5.41) is 0. The SMILES string of the molecule is CCc1ccccc1C(C)/C=N\c1cc(OC(C)C)c(OC)cc1C(C)=O. The molecule has 0 aliphatic rings. The number of hydrogen-bond donors (Lipinski definition) is 0. The Morgan fingerprint density at radius 3 is 2.44 bits per heavy atom. The largest absolute Gasteiger partial charge is 0.493 e. The van der Waals surface area contributed by atoms with Crippen LogP contribution in [0.1, 0.15) is 62.0 Å². The van der Waals surface area contributed by atoms with Gasteiger partial charge in [0, 0.05) is 23.8 Å². The van der Waals surface area contributed by atoms with Crippen molar-refractivity contribution in [1.29, 1.82) is 0 Å². The molecule has 2 rings (SSSR count). The van der Waals surface area contributed by atoms with Crippen molar-refractivity contribution in [2.75, 3.05) is 7.11 Å². The highest BCUT2D eigenvalue weighted by Crippen LogP contribution is 2.36. The molecule has 0 bridgehead atoms. The van der Waals surface area contributed by atoms with Gasteiger partial charge in [-0.3, -0.25) is 9.79 Å². The number of aryl methyl sites for hydroxylation is 1. The van der Waals surface area contributed by atoms with Gasteiger partial charge in [0.15, 0.2) is 17.3 Å². The molecule has 0 aliphatic heterocycles. The van der Waals surface area contributed by atoms with Crippen LogP contribution in [0.4, 0.5) is 5.69 Å². The van der Waals surface area contributed by atoms with Gasteiger partial charge in [-0.05, 0) is 44.4 Å². The van der Waals surface area contributed by atoms with Gasteiger partial charge in [0.2, 0.25) is 0 Å².